The van der Waals surface area contributed by atoms with Crippen LogP contribution in [0.25, 0.3) is 33.6 Å². The van der Waals surface area contributed by atoms with Crippen LogP contribution in [0.5, 0.6) is 0 Å². The summed E-state index contributed by atoms with van der Waals surface area (Å²) in [6.45, 7) is 0. The van der Waals surface area contributed by atoms with Gasteiger partial charge in [0.15, 0.2) is 0 Å². The maximum absolute atomic E-state index is 12.8. The number of carbonyl (C=O) groups excluding carboxylic acids is 1. The van der Waals surface area contributed by atoms with Gasteiger partial charge in [-0.3, -0.25) is 0 Å². The molecular weight excluding hydrogens is 448 g/mol. The standard InChI is InChI=1S/C25H20N6O2S/c1-33-25(32)24-22(18-5-9-21(10-6-18)31-16-27-14-29-31)11-19(12-23(24)34-2)17-3-7-20(8-4-17)30-15-26-13-28-30/h3-16H,1-2H3. The lowest BCUT2D eigenvalue weighted by Gasteiger charge is -2.16. The second-order valence-corrected chi connectivity index (χ2v) is 8.21. The maximum Gasteiger partial charge on any atom is 0.339 e. The van der Waals surface area contributed by atoms with Gasteiger partial charge in [-0.2, -0.15) is 10.2 Å². The van der Waals surface area contributed by atoms with Crippen molar-refractivity contribution in [2.75, 3.05) is 13.4 Å². The summed E-state index contributed by atoms with van der Waals surface area (Å²) in [6.07, 6.45) is 8.25. The van der Waals surface area contributed by atoms with Crippen LogP contribution < -0.4 is 0 Å². The zero-order chi connectivity index (χ0) is 23.5. The molecular formula is C25H20N6O2S. The highest BCUT2D eigenvalue weighted by Crippen LogP contribution is 2.37. The van der Waals surface area contributed by atoms with Gasteiger partial charge in [0, 0.05) is 4.90 Å². The number of hydrogen-bond acceptors (Lipinski definition) is 7. The van der Waals surface area contributed by atoms with Crippen molar-refractivity contribution >= 4 is 17.7 Å². The molecule has 0 aliphatic rings. The Morgan fingerprint density at radius 1 is 0.794 bits per heavy atom. The Kier molecular flexibility index (Phi) is 5.92. The average Bonchev–Trinajstić information content (AvgIpc) is 3.63. The normalized spacial score (nSPS) is 10.9. The fourth-order valence-electron chi connectivity index (χ4n) is 3.77. The second-order valence-electron chi connectivity index (χ2n) is 7.37. The van der Waals surface area contributed by atoms with Gasteiger partial charge in [0.25, 0.3) is 0 Å². The van der Waals surface area contributed by atoms with E-state index in [9.17, 15) is 4.79 Å². The number of hydrogen-bond donors (Lipinski definition) is 0. The smallest absolute Gasteiger partial charge is 0.339 e. The molecule has 0 saturated heterocycles. The lowest BCUT2D eigenvalue weighted by atomic mass is 9.94. The highest BCUT2D eigenvalue weighted by atomic mass is 32.2. The second kappa shape index (κ2) is 9.32. The predicted octanol–water partition coefficient (Wildman–Crippen LogP) is 4.69. The first kappa shape index (κ1) is 21.6. The van der Waals surface area contributed by atoms with Crippen molar-refractivity contribution < 1.29 is 9.53 Å². The fourth-order valence-corrected chi connectivity index (χ4v) is 4.41. The molecule has 0 N–H and O–H groups in total. The number of carbonyl (C=O) groups is 1. The molecule has 0 radical (unpaired) electrons. The number of aromatic nitrogens is 6. The predicted molar refractivity (Wildman–Crippen MR) is 130 cm³/mol. The average molecular weight is 469 g/mol. The molecule has 5 rings (SSSR count). The van der Waals surface area contributed by atoms with Crippen molar-refractivity contribution in [2.24, 2.45) is 0 Å². The molecule has 9 heteroatoms. The van der Waals surface area contributed by atoms with E-state index in [1.807, 2.05) is 66.9 Å². The van der Waals surface area contributed by atoms with Gasteiger partial charge in [-0.15, -0.1) is 11.8 Å². The molecule has 3 aromatic carbocycles. The van der Waals surface area contributed by atoms with Gasteiger partial charge >= 0.3 is 5.97 Å². The Hall–Kier alpha value is -4.24. The third-order valence-corrected chi connectivity index (χ3v) is 6.22. The van der Waals surface area contributed by atoms with Gasteiger partial charge in [-0.1, -0.05) is 24.3 Å². The van der Waals surface area contributed by atoms with Crippen LogP contribution in [0.4, 0.5) is 0 Å². The van der Waals surface area contributed by atoms with Crippen LogP contribution in [0.15, 0.2) is 90.9 Å². The molecule has 0 bridgehead atoms. The number of ether oxygens (including phenoxy) is 1. The first-order valence-corrected chi connectivity index (χ1v) is 11.6. The lowest BCUT2D eigenvalue weighted by Crippen LogP contribution is -2.06. The van der Waals surface area contributed by atoms with E-state index in [-0.39, 0.29) is 5.97 Å². The van der Waals surface area contributed by atoms with Crippen LogP contribution >= 0.6 is 11.8 Å². The van der Waals surface area contributed by atoms with Crippen LogP contribution in [0.3, 0.4) is 0 Å². The minimum Gasteiger partial charge on any atom is -0.465 e. The molecule has 8 nitrogen and oxygen atoms in total. The van der Waals surface area contributed by atoms with Gasteiger partial charge in [-0.05, 0) is 64.9 Å². The van der Waals surface area contributed by atoms with Crippen LogP contribution in [0.2, 0.25) is 0 Å². The molecule has 0 unspecified atom stereocenters. The molecule has 0 spiro atoms. The van der Waals surface area contributed by atoms with Gasteiger partial charge < -0.3 is 4.74 Å². The Labute approximate surface area is 200 Å². The summed E-state index contributed by atoms with van der Waals surface area (Å²) in [4.78, 5) is 21.6. The summed E-state index contributed by atoms with van der Waals surface area (Å²) < 4.78 is 8.53. The van der Waals surface area contributed by atoms with Crippen molar-refractivity contribution in [3.63, 3.8) is 0 Å². The zero-order valence-corrected chi connectivity index (χ0v) is 19.3. The number of thioether (sulfide) groups is 1. The number of nitrogens with zero attached hydrogens (tertiary/aromatic N) is 6. The molecule has 0 amide bonds. The number of rotatable bonds is 6. The summed E-state index contributed by atoms with van der Waals surface area (Å²) in [5.74, 6) is -0.368. The van der Waals surface area contributed by atoms with Gasteiger partial charge in [0.05, 0.1) is 24.0 Å². The topological polar surface area (TPSA) is 87.7 Å². The minimum atomic E-state index is -0.368. The van der Waals surface area contributed by atoms with E-state index >= 15 is 0 Å². The molecule has 5 aromatic rings. The van der Waals surface area contributed by atoms with Gasteiger partial charge in [0.1, 0.15) is 25.3 Å². The van der Waals surface area contributed by atoms with E-state index in [1.54, 1.807) is 22.0 Å². The van der Waals surface area contributed by atoms with Crippen LogP contribution in [0.1, 0.15) is 10.4 Å². The van der Waals surface area contributed by atoms with E-state index in [4.69, 9.17) is 4.74 Å². The van der Waals surface area contributed by atoms with Crippen molar-refractivity contribution in [1.29, 1.82) is 0 Å². The molecule has 0 aliphatic heterocycles. The Bertz CT molecular complexity index is 1410. The van der Waals surface area contributed by atoms with E-state index in [0.29, 0.717) is 5.56 Å². The number of methoxy groups -OCH3 is 1. The molecule has 2 aromatic heterocycles. The summed E-state index contributed by atoms with van der Waals surface area (Å²) in [5.41, 5.74) is 6.08. The lowest BCUT2D eigenvalue weighted by molar-refractivity contribution is 0.0598. The SMILES string of the molecule is COC(=O)c1c(SC)cc(-c2ccc(-n3cncn3)cc2)cc1-c1ccc(-n2cncn2)cc1. The van der Waals surface area contributed by atoms with Crippen molar-refractivity contribution in [2.45, 2.75) is 4.90 Å². The van der Waals surface area contributed by atoms with E-state index in [1.165, 1.54) is 31.5 Å². The molecule has 168 valence electrons. The molecule has 34 heavy (non-hydrogen) atoms. The minimum absolute atomic E-state index is 0.368. The molecule has 0 atom stereocenters. The van der Waals surface area contributed by atoms with Crippen molar-refractivity contribution in [3.05, 3.63) is 91.5 Å². The first-order valence-electron chi connectivity index (χ1n) is 10.4. The van der Waals surface area contributed by atoms with E-state index < -0.39 is 0 Å². The van der Waals surface area contributed by atoms with Crippen molar-refractivity contribution in [3.8, 4) is 33.6 Å². The van der Waals surface area contributed by atoms with Gasteiger partial charge in [-0.25, -0.2) is 24.1 Å². The highest BCUT2D eigenvalue weighted by Gasteiger charge is 2.20. The summed E-state index contributed by atoms with van der Waals surface area (Å²) in [5, 5.41) is 8.35. The zero-order valence-electron chi connectivity index (χ0n) is 18.5. The van der Waals surface area contributed by atoms with Crippen LogP contribution in [-0.4, -0.2) is 48.9 Å². The number of esters is 1. The first-order chi connectivity index (χ1) is 16.7. The molecule has 2 heterocycles. The van der Waals surface area contributed by atoms with E-state index in [0.717, 1.165) is 38.5 Å². The Morgan fingerprint density at radius 3 is 1.82 bits per heavy atom. The van der Waals surface area contributed by atoms with E-state index in [2.05, 4.69) is 20.2 Å². The quantitative estimate of drug-likeness (QED) is 0.264. The van der Waals surface area contributed by atoms with Crippen molar-refractivity contribution in [1.82, 2.24) is 29.5 Å². The molecule has 0 aliphatic carbocycles. The largest absolute Gasteiger partial charge is 0.465 e. The van der Waals surface area contributed by atoms with Crippen LogP contribution in [0, 0.1) is 0 Å². The molecule has 0 fully saturated rings. The summed E-state index contributed by atoms with van der Waals surface area (Å²) >= 11 is 1.51. The summed E-state index contributed by atoms with van der Waals surface area (Å²) in [6, 6.07) is 19.9. The summed E-state index contributed by atoms with van der Waals surface area (Å²) in [7, 11) is 1.40. The molecule has 0 saturated carbocycles. The Balaban J connectivity index is 1.61. The third-order valence-electron chi connectivity index (χ3n) is 5.46. The third kappa shape index (κ3) is 4.08. The number of benzene rings is 3. The Morgan fingerprint density at radius 2 is 1.35 bits per heavy atom. The van der Waals surface area contributed by atoms with Gasteiger partial charge in [0.2, 0.25) is 0 Å². The van der Waals surface area contributed by atoms with Crippen LogP contribution in [-0.2, 0) is 4.74 Å². The monoisotopic (exact) mass is 468 g/mol. The maximum atomic E-state index is 12.8. The highest BCUT2D eigenvalue weighted by molar-refractivity contribution is 7.98. The fraction of sp³-hybridized carbons (Fsp3) is 0.0800.